The highest BCUT2D eigenvalue weighted by Gasteiger charge is 2.28. The molecule has 2 aromatic rings. The zero-order valence-electron chi connectivity index (χ0n) is 13.6. The van der Waals surface area contributed by atoms with E-state index in [4.69, 9.17) is 9.15 Å². The van der Waals surface area contributed by atoms with Crippen LogP contribution in [0.15, 0.2) is 46.9 Å². The fourth-order valence-electron chi connectivity index (χ4n) is 3.00. The van der Waals surface area contributed by atoms with Gasteiger partial charge in [-0.15, -0.1) is 0 Å². The van der Waals surface area contributed by atoms with Gasteiger partial charge in [-0.3, -0.25) is 4.79 Å². The van der Waals surface area contributed by atoms with Crippen molar-refractivity contribution in [3.63, 3.8) is 0 Å². The summed E-state index contributed by atoms with van der Waals surface area (Å²) in [4.78, 5) is 14.5. The minimum atomic E-state index is 0.0257. The molecule has 0 N–H and O–H groups in total. The van der Waals surface area contributed by atoms with E-state index < -0.39 is 0 Å². The Kier molecular flexibility index (Phi) is 5.60. The molecular formula is C19H20INO3. The maximum absolute atomic E-state index is 12.5. The van der Waals surface area contributed by atoms with Crippen molar-refractivity contribution in [1.82, 2.24) is 4.90 Å². The van der Waals surface area contributed by atoms with Crippen LogP contribution in [0.5, 0.6) is 5.75 Å². The van der Waals surface area contributed by atoms with E-state index in [1.807, 2.05) is 36.1 Å². The van der Waals surface area contributed by atoms with E-state index in [-0.39, 0.29) is 11.9 Å². The van der Waals surface area contributed by atoms with Gasteiger partial charge in [0.2, 0.25) is 5.91 Å². The molecule has 1 atom stereocenters. The second-order valence-electron chi connectivity index (χ2n) is 5.67. The predicted octanol–water partition coefficient (Wildman–Crippen LogP) is 4.66. The van der Waals surface area contributed by atoms with Crippen LogP contribution in [0.1, 0.15) is 37.1 Å². The van der Waals surface area contributed by atoms with Crippen LogP contribution in [0.4, 0.5) is 0 Å². The molecule has 1 aliphatic heterocycles. The van der Waals surface area contributed by atoms with Crippen LogP contribution in [-0.2, 0) is 4.79 Å². The third-order valence-corrected chi connectivity index (χ3v) is 4.68. The van der Waals surface area contributed by atoms with Gasteiger partial charge < -0.3 is 14.1 Å². The number of benzene rings is 1. The first-order valence-electron chi connectivity index (χ1n) is 8.14. The topological polar surface area (TPSA) is 42.7 Å². The molecule has 24 heavy (non-hydrogen) atoms. The average Bonchev–Trinajstić information content (AvgIpc) is 3.23. The summed E-state index contributed by atoms with van der Waals surface area (Å²) in [5.41, 5.74) is 1.16. The molecule has 2 heterocycles. The Bertz CT molecular complexity index is 720. The van der Waals surface area contributed by atoms with Crippen molar-refractivity contribution in [2.75, 3.05) is 13.2 Å². The number of nitrogens with zero attached hydrogens (tertiary/aromatic N) is 1. The summed E-state index contributed by atoms with van der Waals surface area (Å²) in [6, 6.07) is 11.9. The van der Waals surface area contributed by atoms with Crippen LogP contribution in [0.25, 0.3) is 6.08 Å². The first kappa shape index (κ1) is 17.1. The lowest BCUT2D eigenvalue weighted by molar-refractivity contribution is -0.126. The third-order valence-electron chi connectivity index (χ3n) is 4.10. The van der Waals surface area contributed by atoms with E-state index in [0.29, 0.717) is 12.4 Å². The second-order valence-corrected chi connectivity index (χ2v) is 6.73. The number of hydrogen-bond donors (Lipinski definition) is 0. The average molecular weight is 437 g/mol. The number of likely N-dealkylation sites (tertiary alicyclic amines) is 1. The van der Waals surface area contributed by atoms with Crippen molar-refractivity contribution in [1.29, 1.82) is 0 Å². The lowest BCUT2D eigenvalue weighted by atomic mass is 10.0. The lowest BCUT2D eigenvalue weighted by Crippen LogP contribution is -2.28. The number of amides is 1. The van der Waals surface area contributed by atoms with Crippen LogP contribution in [-0.4, -0.2) is 24.0 Å². The van der Waals surface area contributed by atoms with E-state index in [1.165, 1.54) is 0 Å². The highest BCUT2D eigenvalue weighted by molar-refractivity contribution is 14.1. The first-order chi connectivity index (χ1) is 11.7. The standard InChI is InChI=1S/C19H20INO3/c1-2-23-15-7-5-14(6-8-15)17-4-3-13-21(17)19(22)12-10-16-9-11-18(20)24-16/h5-12,17H,2-4,13H2,1H3/b12-10+. The van der Waals surface area contributed by atoms with Gasteiger partial charge in [0.15, 0.2) is 3.77 Å². The smallest absolute Gasteiger partial charge is 0.247 e. The van der Waals surface area contributed by atoms with Gasteiger partial charge in [-0.1, -0.05) is 12.1 Å². The minimum absolute atomic E-state index is 0.0257. The molecule has 0 radical (unpaired) electrons. The summed E-state index contributed by atoms with van der Waals surface area (Å²) in [5.74, 6) is 1.59. The molecule has 126 valence electrons. The fourth-order valence-corrected chi connectivity index (χ4v) is 3.43. The predicted molar refractivity (Wildman–Crippen MR) is 102 cm³/mol. The van der Waals surface area contributed by atoms with Crippen LogP contribution >= 0.6 is 22.6 Å². The molecule has 1 amide bonds. The van der Waals surface area contributed by atoms with E-state index in [1.54, 1.807) is 12.2 Å². The van der Waals surface area contributed by atoms with Gasteiger partial charge in [-0.05, 0) is 78.3 Å². The molecule has 5 heteroatoms. The van der Waals surface area contributed by atoms with Crippen LogP contribution < -0.4 is 4.74 Å². The molecule has 4 nitrogen and oxygen atoms in total. The van der Waals surface area contributed by atoms with Gasteiger partial charge >= 0.3 is 0 Å². The summed E-state index contributed by atoms with van der Waals surface area (Å²) < 4.78 is 11.8. The maximum Gasteiger partial charge on any atom is 0.247 e. The molecule has 1 unspecified atom stereocenters. The molecule has 1 fully saturated rings. The Labute approximate surface area is 155 Å². The molecule has 3 rings (SSSR count). The molecule has 0 aliphatic carbocycles. The van der Waals surface area contributed by atoms with Crippen molar-refractivity contribution in [3.05, 3.63) is 57.6 Å². The number of hydrogen-bond acceptors (Lipinski definition) is 3. The summed E-state index contributed by atoms with van der Waals surface area (Å²) in [6.07, 6.45) is 5.35. The van der Waals surface area contributed by atoms with E-state index in [2.05, 4.69) is 34.7 Å². The minimum Gasteiger partial charge on any atom is -0.494 e. The number of ether oxygens (including phenoxy) is 1. The highest BCUT2D eigenvalue weighted by atomic mass is 127. The van der Waals surface area contributed by atoms with Crippen molar-refractivity contribution < 1.29 is 13.9 Å². The number of carbonyl (C=O) groups excluding carboxylic acids is 1. The van der Waals surface area contributed by atoms with Crippen molar-refractivity contribution in [2.24, 2.45) is 0 Å². The first-order valence-corrected chi connectivity index (χ1v) is 9.22. The van der Waals surface area contributed by atoms with E-state index >= 15 is 0 Å². The molecule has 1 saturated heterocycles. The molecular weight excluding hydrogens is 417 g/mol. The summed E-state index contributed by atoms with van der Waals surface area (Å²) >= 11 is 2.11. The normalized spacial score (nSPS) is 17.6. The zero-order chi connectivity index (χ0) is 16.9. The van der Waals surface area contributed by atoms with Crippen molar-refractivity contribution in [2.45, 2.75) is 25.8 Å². The molecule has 1 aliphatic rings. The van der Waals surface area contributed by atoms with Gasteiger partial charge in [-0.2, -0.15) is 0 Å². The Morgan fingerprint density at radius 1 is 1.33 bits per heavy atom. The number of carbonyl (C=O) groups is 1. The molecule has 1 aromatic heterocycles. The Morgan fingerprint density at radius 2 is 2.12 bits per heavy atom. The van der Waals surface area contributed by atoms with Crippen molar-refractivity contribution >= 4 is 34.6 Å². The molecule has 0 spiro atoms. The zero-order valence-corrected chi connectivity index (χ0v) is 15.7. The largest absolute Gasteiger partial charge is 0.494 e. The quantitative estimate of drug-likeness (QED) is 0.505. The molecule has 1 aromatic carbocycles. The van der Waals surface area contributed by atoms with Crippen molar-refractivity contribution in [3.8, 4) is 5.75 Å². The van der Waals surface area contributed by atoms with Crippen LogP contribution in [0, 0.1) is 3.77 Å². The number of halogens is 1. The van der Waals surface area contributed by atoms with E-state index in [9.17, 15) is 4.79 Å². The Balaban J connectivity index is 1.70. The maximum atomic E-state index is 12.5. The van der Waals surface area contributed by atoms with Crippen LogP contribution in [0.2, 0.25) is 0 Å². The molecule has 0 bridgehead atoms. The van der Waals surface area contributed by atoms with Gasteiger partial charge in [0.25, 0.3) is 0 Å². The van der Waals surface area contributed by atoms with E-state index in [0.717, 1.165) is 34.5 Å². The Hall–Kier alpha value is -1.76. The summed E-state index contributed by atoms with van der Waals surface area (Å²) in [5, 5.41) is 0. The SMILES string of the molecule is CCOc1ccc(C2CCCN2C(=O)/C=C/c2ccc(I)o2)cc1. The summed E-state index contributed by atoms with van der Waals surface area (Å²) in [7, 11) is 0. The lowest BCUT2D eigenvalue weighted by Gasteiger charge is -2.24. The van der Waals surface area contributed by atoms with Gasteiger partial charge in [0.1, 0.15) is 11.5 Å². The van der Waals surface area contributed by atoms with Gasteiger partial charge in [-0.25, -0.2) is 0 Å². The number of rotatable bonds is 5. The Morgan fingerprint density at radius 3 is 2.79 bits per heavy atom. The van der Waals surface area contributed by atoms with Gasteiger partial charge in [0.05, 0.1) is 12.6 Å². The molecule has 0 saturated carbocycles. The third kappa shape index (κ3) is 4.01. The van der Waals surface area contributed by atoms with Gasteiger partial charge in [0, 0.05) is 12.6 Å². The van der Waals surface area contributed by atoms with Crippen LogP contribution in [0.3, 0.4) is 0 Å². The summed E-state index contributed by atoms with van der Waals surface area (Å²) in [6.45, 7) is 3.41. The number of furan rings is 1. The fraction of sp³-hybridized carbons (Fsp3) is 0.316. The highest BCUT2D eigenvalue weighted by Crippen LogP contribution is 2.33. The second kappa shape index (κ2) is 7.88. The monoisotopic (exact) mass is 437 g/mol.